The molecule has 5 rings (SSSR count). The van der Waals surface area contributed by atoms with Crippen LogP contribution in [-0.2, 0) is 20.3 Å². The number of benzene rings is 3. The van der Waals surface area contributed by atoms with Crippen LogP contribution in [-0.4, -0.2) is 40.9 Å². The number of rotatable bonds is 5. The largest absolute Gasteiger partial charge is 0.511 e. The standard InChI is InChI=1S/C30H29Cl3F3N3O2S/c1-28(2,3)27-37-25-13-8-21(29(33,19-4-9-22(31)10-5-19)20-6-11-23(32)12-7-20)18-26(25)39(27)24-14-16-38(17-15-24)42(40,41)30(34,35)36/h4-13,18,24H,14-17H2,1-3H3. The Bertz CT molecular complexity index is 1660. The van der Waals surface area contributed by atoms with Crippen molar-refractivity contribution in [3.05, 3.63) is 99.3 Å². The highest BCUT2D eigenvalue weighted by molar-refractivity contribution is 7.90. The number of sulfonamides is 1. The summed E-state index contributed by atoms with van der Waals surface area (Å²) in [5, 5.41) is 1.13. The number of hydrogen-bond acceptors (Lipinski definition) is 3. The topological polar surface area (TPSA) is 55.2 Å². The minimum absolute atomic E-state index is 0.203. The van der Waals surface area contributed by atoms with Gasteiger partial charge in [0.1, 0.15) is 10.7 Å². The van der Waals surface area contributed by atoms with Crippen LogP contribution in [0.4, 0.5) is 13.2 Å². The molecule has 0 amide bonds. The number of nitrogens with zero attached hydrogens (tertiary/aromatic N) is 3. The highest BCUT2D eigenvalue weighted by atomic mass is 35.5. The molecule has 1 aliphatic heterocycles. The SMILES string of the molecule is CC(C)(C)c1nc2ccc(C(Cl)(c3ccc(Cl)cc3)c3ccc(Cl)cc3)cc2n1C1CCN(S(=O)(=O)C(F)(F)F)CC1. The molecule has 1 aromatic heterocycles. The van der Waals surface area contributed by atoms with E-state index in [1.54, 1.807) is 24.3 Å². The Balaban J connectivity index is 1.65. The summed E-state index contributed by atoms with van der Waals surface area (Å²) in [6.07, 6.45) is 0.406. The van der Waals surface area contributed by atoms with E-state index >= 15 is 0 Å². The van der Waals surface area contributed by atoms with Gasteiger partial charge < -0.3 is 4.57 Å². The molecule has 1 saturated heterocycles. The summed E-state index contributed by atoms with van der Waals surface area (Å²) in [4.78, 5) is 3.80. The van der Waals surface area contributed by atoms with Gasteiger partial charge in [0.25, 0.3) is 0 Å². The second-order valence-electron chi connectivity index (χ2n) is 11.5. The smallest absolute Gasteiger partial charge is 0.324 e. The number of hydrogen-bond donors (Lipinski definition) is 0. The number of alkyl halides is 4. The minimum atomic E-state index is -5.39. The van der Waals surface area contributed by atoms with Crippen molar-refractivity contribution in [2.75, 3.05) is 13.1 Å². The summed E-state index contributed by atoms with van der Waals surface area (Å²) in [5.74, 6) is 0.755. The van der Waals surface area contributed by atoms with Gasteiger partial charge in [-0.25, -0.2) is 13.4 Å². The van der Waals surface area contributed by atoms with Gasteiger partial charge in [-0.15, -0.1) is 11.6 Å². The summed E-state index contributed by atoms with van der Waals surface area (Å²) in [7, 11) is -5.39. The predicted molar refractivity (Wildman–Crippen MR) is 162 cm³/mol. The quantitative estimate of drug-likeness (QED) is 0.159. The third kappa shape index (κ3) is 5.54. The third-order valence-electron chi connectivity index (χ3n) is 7.66. The fourth-order valence-electron chi connectivity index (χ4n) is 5.55. The molecule has 12 heteroatoms. The first-order valence-electron chi connectivity index (χ1n) is 13.3. The first kappa shape index (κ1) is 31.1. The molecule has 0 saturated carbocycles. The Morgan fingerprint density at radius 2 is 1.29 bits per heavy atom. The highest BCUT2D eigenvalue weighted by Crippen LogP contribution is 2.45. The van der Waals surface area contributed by atoms with Crippen LogP contribution in [0.15, 0.2) is 66.7 Å². The lowest BCUT2D eigenvalue weighted by Gasteiger charge is -2.35. The maximum absolute atomic E-state index is 13.2. The van der Waals surface area contributed by atoms with Crippen molar-refractivity contribution in [1.29, 1.82) is 0 Å². The maximum atomic E-state index is 13.2. The van der Waals surface area contributed by atoms with Gasteiger partial charge in [0.15, 0.2) is 0 Å². The van der Waals surface area contributed by atoms with Crippen LogP contribution in [0.3, 0.4) is 0 Å². The molecule has 42 heavy (non-hydrogen) atoms. The summed E-state index contributed by atoms with van der Waals surface area (Å²) in [6.45, 7) is 5.56. The molecule has 0 atom stereocenters. The van der Waals surface area contributed by atoms with E-state index in [1.807, 2.05) is 63.2 Å². The van der Waals surface area contributed by atoms with Gasteiger partial charge in [-0.3, -0.25) is 0 Å². The second-order valence-corrected chi connectivity index (χ2v) is 14.9. The van der Waals surface area contributed by atoms with Gasteiger partial charge >= 0.3 is 15.5 Å². The predicted octanol–water partition coefficient (Wildman–Crippen LogP) is 8.66. The van der Waals surface area contributed by atoms with Crippen LogP contribution in [0.5, 0.6) is 0 Å². The molecule has 3 aromatic carbocycles. The van der Waals surface area contributed by atoms with E-state index in [9.17, 15) is 21.6 Å². The lowest BCUT2D eigenvalue weighted by molar-refractivity contribution is -0.0496. The molecule has 0 bridgehead atoms. The molecule has 0 unspecified atom stereocenters. The summed E-state index contributed by atoms with van der Waals surface area (Å²) in [5.41, 5.74) is -1.95. The lowest BCUT2D eigenvalue weighted by Crippen LogP contribution is -2.45. The van der Waals surface area contributed by atoms with Gasteiger partial charge in [-0.05, 0) is 65.9 Å². The normalized spacial score (nSPS) is 16.3. The molecule has 2 heterocycles. The van der Waals surface area contributed by atoms with E-state index in [-0.39, 0.29) is 32.0 Å². The zero-order chi connectivity index (χ0) is 30.7. The maximum Gasteiger partial charge on any atom is 0.511 e. The van der Waals surface area contributed by atoms with Crippen molar-refractivity contribution in [1.82, 2.24) is 13.9 Å². The molecule has 0 aliphatic carbocycles. The van der Waals surface area contributed by atoms with Crippen LogP contribution in [0.25, 0.3) is 11.0 Å². The van der Waals surface area contributed by atoms with E-state index in [2.05, 4.69) is 4.57 Å². The van der Waals surface area contributed by atoms with Crippen molar-refractivity contribution in [2.45, 2.75) is 55.5 Å². The highest BCUT2D eigenvalue weighted by Gasteiger charge is 2.50. The zero-order valence-corrected chi connectivity index (χ0v) is 26.2. The Labute approximate surface area is 258 Å². The van der Waals surface area contributed by atoms with E-state index in [1.165, 1.54) is 0 Å². The number of halogens is 6. The number of imidazole rings is 1. The molecule has 0 N–H and O–H groups in total. The van der Waals surface area contributed by atoms with E-state index in [0.29, 0.717) is 19.9 Å². The molecular weight excluding hydrogens is 630 g/mol. The summed E-state index contributed by atoms with van der Waals surface area (Å²) < 4.78 is 66.4. The van der Waals surface area contributed by atoms with E-state index in [0.717, 1.165) is 28.0 Å². The van der Waals surface area contributed by atoms with Crippen molar-refractivity contribution in [3.8, 4) is 0 Å². The van der Waals surface area contributed by atoms with E-state index < -0.39 is 25.8 Å². The Morgan fingerprint density at radius 1 is 0.810 bits per heavy atom. The third-order valence-corrected chi connectivity index (χ3v) is 10.5. The molecule has 0 radical (unpaired) electrons. The zero-order valence-electron chi connectivity index (χ0n) is 23.1. The average Bonchev–Trinajstić information content (AvgIpc) is 3.32. The number of fused-ring (bicyclic) bond motifs is 1. The van der Waals surface area contributed by atoms with Crippen molar-refractivity contribution < 1.29 is 21.6 Å². The van der Waals surface area contributed by atoms with Gasteiger partial charge in [0, 0.05) is 34.6 Å². The van der Waals surface area contributed by atoms with Gasteiger partial charge in [0.05, 0.1) is 11.0 Å². The van der Waals surface area contributed by atoms with Crippen LogP contribution >= 0.6 is 34.8 Å². The van der Waals surface area contributed by atoms with Crippen LogP contribution < -0.4 is 0 Å². The Kier molecular flexibility index (Phi) is 8.16. The number of aromatic nitrogens is 2. The average molecular weight is 659 g/mol. The second kappa shape index (κ2) is 11.0. The van der Waals surface area contributed by atoms with Crippen LogP contribution in [0, 0.1) is 0 Å². The molecule has 5 nitrogen and oxygen atoms in total. The van der Waals surface area contributed by atoms with Gasteiger partial charge in [0.2, 0.25) is 0 Å². The van der Waals surface area contributed by atoms with Gasteiger partial charge in [-0.1, -0.05) is 74.3 Å². The Morgan fingerprint density at radius 3 is 1.74 bits per heavy atom. The summed E-state index contributed by atoms with van der Waals surface area (Å²) >= 11 is 20.0. The first-order chi connectivity index (χ1) is 19.5. The fourth-order valence-corrected chi connectivity index (χ4v) is 7.16. The summed E-state index contributed by atoms with van der Waals surface area (Å²) in [6, 6.07) is 20.0. The first-order valence-corrected chi connectivity index (χ1v) is 15.9. The van der Waals surface area contributed by atoms with Gasteiger partial charge in [-0.2, -0.15) is 17.5 Å². The van der Waals surface area contributed by atoms with Crippen LogP contribution in [0.2, 0.25) is 10.0 Å². The minimum Gasteiger partial charge on any atom is -0.324 e. The molecule has 224 valence electrons. The van der Waals surface area contributed by atoms with E-state index in [4.69, 9.17) is 39.8 Å². The Hall–Kier alpha value is -2.30. The van der Waals surface area contributed by atoms with Crippen LogP contribution in [0.1, 0.15) is 62.2 Å². The fraction of sp³-hybridized carbons (Fsp3) is 0.367. The molecule has 0 spiro atoms. The molecular formula is C30H29Cl3F3N3O2S. The lowest BCUT2D eigenvalue weighted by atomic mass is 9.84. The van der Waals surface area contributed by atoms with Crippen molar-refractivity contribution in [3.63, 3.8) is 0 Å². The van der Waals surface area contributed by atoms with Crippen molar-refractivity contribution in [2.24, 2.45) is 0 Å². The monoisotopic (exact) mass is 657 g/mol. The number of piperidine rings is 1. The molecule has 1 fully saturated rings. The van der Waals surface area contributed by atoms with Crippen molar-refractivity contribution >= 4 is 55.9 Å². The molecule has 1 aliphatic rings. The molecule has 4 aromatic rings.